The minimum Gasteiger partial charge on any atom is -0.478 e. The lowest BCUT2D eigenvalue weighted by molar-refractivity contribution is 0.0697. The Hall–Kier alpha value is -4.19. The number of hydrogen-bond donors (Lipinski definition) is 1. The van der Waals surface area contributed by atoms with Gasteiger partial charge in [0, 0.05) is 23.2 Å². The molecule has 0 saturated carbocycles. The van der Waals surface area contributed by atoms with E-state index in [4.69, 9.17) is 9.40 Å². The molecule has 30 heavy (non-hydrogen) atoms. The molecule has 0 saturated heterocycles. The number of fused-ring (bicyclic) bond motifs is 2. The number of aromatic nitrogens is 1. The maximum absolute atomic E-state index is 13.6. The van der Waals surface area contributed by atoms with Crippen molar-refractivity contribution in [3.8, 4) is 11.5 Å². The molecular formula is C24H15FN2O3. The Labute approximate surface area is 170 Å². The van der Waals surface area contributed by atoms with Gasteiger partial charge in [0.25, 0.3) is 0 Å². The summed E-state index contributed by atoms with van der Waals surface area (Å²) in [4.78, 5) is 18.0. The first-order valence-electron chi connectivity index (χ1n) is 9.26. The molecule has 5 nitrogen and oxygen atoms in total. The zero-order valence-electron chi connectivity index (χ0n) is 15.6. The van der Waals surface area contributed by atoms with Gasteiger partial charge in [-0.1, -0.05) is 12.2 Å². The molecule has 0 unspecified atom stereocenters. The van der Waals surface area contributed by atoms with Gasteiger partial charge in [-0.25, -0.2) is 14.2 Å². The van der Waals surface area contributed by atoms with E-state index in [0.717, 1.165) is 0 Å². The van der Waals surface area contributed by atoms with E-state index in [2.05, 4.69) is 0 Å². The molecule has 2 aromatic heterocycles. The number of halogens is 1. The molecule has 1 N–H and O–H groups in total. The van der Waals surface area contributed by atoms with Crippen LogP contribution in [0.5, 0.6) is 0 Å². The number of carboxylic acids is 1. The minimum absolute atomic E-state index is 0.186. The highest BCUT2D eigenvalue weighted by atomic mass is 19.1. The first-order valence-corrected chi connectivity index (χ1v) is 9.26. The smallest absolute Gasteiger partial charge is 0.335 e. The first-order chi connectivity index (χ1) is 14.6. The summed E-state index contributed by atoms with van der Waals surface area (Å²) in [5.41, 5.74) is 2.65. The van der Waals surface area contributed by atoms with E-state index in [1.54, 1.807) is 24.3 Å². The molecule has 2 aromatic carbocycles. The van der Waals surface area contributed by atoms with Crippen molar-refractivity contribution in [2.45, 2.75) is 0 Å². The molecule has 0 radical (unpaired) electrons. The summed E-state index contributed by atoms with van der Waals surface area (Å²) in [5, 5.41) is 10.7. The summed E-state index contributed by atoms with van der Waals surface area (Å²) < 4.78 is 19.6. The normalized spacial score (nSPS) is 13.3. The number of anilines is 1. The van der Waals surface area contributed by atoms with Crippen molar-refractivity contribution in [1.29, 1.82) is 0 Å². The van der Waals surface area contributed by atoms with Gasteiger partial charge in [0.1, 0.15) is 17.1 Å². The number of aromatic carboxylic acids is 1. The van der Waals surface area contributed by atoms with Gasteiger partial charge < -0.3 is 14.4 Å². The number of carbonyl (C=O) groups is 1. The molecule has 5 rings (SSSR count). The van der Waals surface area contributed by atoms with Crippen LogP contribution in [0.25, 0.3) is 33.3 Å². The molecule has 6 heteroatoms. The van der Waals surface area contributed by atoms with Crippen LogP contribution in [0.1, 0.15) is 10.4 Å². The zero-order chi connectivity index (χ0) is 20.7. The molecule has 0 bridgehead atoms. The van der Waals surface area contributed by atoms with Gasteiger partial charge in [-0.15, -0.1) is 0 Å². The molecule has 0 fully saturated rings. The lowest BCUT2D eigenvalue weighted by atomic mass is 10.1. The molecule has 146 valence electrons. The van der Waals surface area contributed by atoms with Crippen molar-refractivity contribution in [2.24, 2.45) is 0 Å². The lowest BCUT2D eigenvalue weighted by Crippen LogP contribution is -2.09. The third kappa shape index (κ3) is 3.14. The Morgan fingerprint density at radius 3 is 2.50 bits per heavy atom. The molecule has 1 aliphatic rings. The summed E-state index contributed by atoms with van der Waals surface area (Å²) in [6.45, 7) is 0. The summed E-state index contributed by atoms with van der Waals surface area (Å²) in [6.07, 6.45) is 11.3. The SMILES string of the molecule is O=C(O)c1ccc2nc(-c3cc4cc(F)ccc4o3)c(N3C=CC=CC=C3)cc2c1. The summed E-state index contributed by atoms with van der Waals surface area (Å²) >= 11 is 0. The second-order valence-electron chi connectivity index (χ2n) is 6.84. The highest BCUT2D eigenvalue weighted by molar-refractivity contribution is 5.96. The average molecular weight is 398 g/mol. The van der Waals surface area contributed by atoms with Gasteiger partial charge in [0.05, 0.1) is 16.8 Å². The van der Waals surface area contributed by atoms with Crippen LogP contribution >= 0.6 is 0 Å². The molecule has 0 spiro atoms. The van der Waals surface area contributed by atoms with Gasteiger partial charge in [0.15, 0.2) is 5.76 Å². The van der Waals surface area contributed by atoms with Crippen molar-refractivity contribution in [2.75, 3.05) is 4.90 Å². The van der Waals surface area contributed by atoms with E-state index in [1.165, 1.54) is 18.2 Å². The number of furan rings is 1. The fourth-order valence-electron chi connectivity index (χ4n) is 3.43. The standard InChI is InChI=1S/C24H15FN2O3/c25-18-6-8-21-17(12-18)14-22(30-21)23-20(27-9-3-1-2-4-10-27)13-16-11-15(24(28)29)5-7-19(16)26-23/h1-14H,(H,28,29). The number of pyridine rings is 1. The maximum atomic E-state index is 13.6. The van der Waals surface area contributed by atoms with Crippen LogP contribution in [-0.2, 0) is 0 Å². The molecular weight excluding hydrogens is 383 g/mol. The molecule has 3 heterocycles. The third-order valence-electron chi connectivity index (χ3n) is 4.86. The van der Waals surface area contributed by atoms with E-state index in [1.807, 2.05) is 47.7 Å². The van der Waals surface area contributed by atoms with Crippen LogP contribution in [0.2, 0.25) is 0 Å². The fourth-order valence-corrected chi connectivity index (χ4v) is 3.43. The monoisotopic (exact) mass is 398 g/mol. The molecule has 0 atom stereocenters. The predicted molar refractivity (Wildman–Crippen MR) is 114 cm³/mol. The average Bonchev–Trinajstić information content (AvgIpc) is 2.97. The number of rotatable bonds is 3. The van der Waals surface area contributed by atoms with Crippen molar-refractivity contribution in [1.82, 2.24) is 4.98 Å². The van der Waals surface area contributed by atoms with Gasteiger partial charge in [-0.3, -0.25) is 0 Å². The lowest BCUT2D eigenvalue weighted by Gasteiger charge is -2.18. The predicted octanol–water partition coefficient (Wildman–Crippen LogP) is 5.89. The second-order valence-corrected chi connectivity index (χ2v) is 6.84. The van der Waals surface area contributed by atoms with Crippen LogP contribution in [-0.4, -0.2) is 16.1 Å². The van der Waals surface area contributed by atoms with Gasteiger partial charge in [-0.2, -0.15) is 0 Å². The van der Waals surface area contributed by atoms with Gasteiger partial charge in [-0.05, 0) is 60.7 Å². The number of benzene rings is 2. The van der Waals surface area contributed by atoms with E-state index >= 15 is 0 Å². The minimum atomic E-state index is -0.999. The third-order valence-corrected chi connectivity index (χ3v) is 4.86. The van der Waals surface area contributed by atoms with Crippen LogP contribution in [0.3, 0.4) is 0 Å². The van der Waals surface area contributed by atoms with Gasteiger partial charge in [0.2, 0.25) is 0 Å². The Morgan fingerprint density at radius 1 is 0.933 bits per heavy atom. The summed E-state index contributed by atoms with van der Waals surface area (Å²) in [6, 6.07) is 12.8. The number of allylic oxidation sites excluding steroid dienone is 4. The molecule has 0 amide bonds. The Morgan fingerprint density at radius 2 is 1.73 bits per heavy atom. The molecule has 0 aliphatic carbocycles. The summed E-state index contributed by atoms with van der Waals surface area (Å²) in [5.74, 6) is -0.846. The Bertz CT molecular complexity index is 1380. The van der Waals surface area contributed by atoms with Gasteiger partial charge >= 0.3 is 5.97 Å². The van der Waals surface area contributed by atoms with E-state index in [-0.39, 0.29) is 11.4 Å². The van der Waals surface area contributed by atoms with Crippen molar-refractivity contribution >= 4 is 33.5 Å². The first kappa shape index (κ1) is 17.9. The van der Waals surface area contributed by atoms with Crippen LogP contribution in [0.15, 0.2) is 89.7 Å². The van der Waals surface area contributed by atoms with Crippen molar-refractivity contribution in [3.63, 3.8) is 0 Å². The topological polar surface area (TPSA) is 66.6 Å². The van der Waals surface area contributed by atoms with Crippen LogP contribution < -0.4 is 4.90 Å². The van der Waals surface area contributed by atoms with Crippen LogP contribution in [0, 0.1) is 5.82 Å². The molecule has 4 aromatic rings. The van der Waals surface area contributed by atoms with Crippen molar-refractivity contribution < 1.29 is 18.7 Å². The van der Waals surface area contributed by atoms with E-state index < -0.39 is 5.97 Å². The maximum Gasteiger partial charge on any atom is 0.335 e. The second kappa shape index (κ2) is 7.00. The highest BCUT2D eigenvalue weighted by Gasteiger charge is 2.18. The number of nitrogens with zero attached hydrogens (tertiary/aromatic N) is 2. The zero-order valence-corrected chi connectivity index (χ0v) is 15.6. The highest BCUT2D eigenvalue weighted by Crippen LogP contribution is 2.36. The summed E-state index contributed by atoms with van der Waals surface area (Å²) in [7, 11) is 0. The molecule has 1 aliphatic heterocycles. The largest absolute Gasteiger partial charge is 0.478 e. The Balaban J connectivity index is 1.76. The van der Waals surface area contributed by atoms with Crippen LogP contribution in [0.4, 0.5) is 10.1 Å². The fraction of sp³-hybridized carbons (Fsp3) is 0. The van der Waals surface area contributed by atoms with Crippen molar-refractivity contribution in [3.05, 3.63) is 96.6 Å². The number of hydrogen-bond acceptors (Lipinski definition) is 4. The Kier molecular flexibility index (Phi) is 4.17. The van der Waals surface area contributed by atoms with E-state index in [9.17, 15) is 14.3 Å². The van der Waals surface area contributed by atoms with E-state index in [0.29, 0.717) is 39.0 Å². The number of carboxylic acid groups (broad SMARTS) is 1. The quantitative estimate of drug-likeness (QED) is 0.466.